The van der Waals surface area contributed by atoms with E-state index in [1.165, 1.54) is 6.08 Å². The van der Waals surface area contributed by atoms with Gasteiger partial charge in [-0.1, -0.05) is 12.7 Å². The molecule has 1 rings (SSSR count). The molecule has 0 aromatic carbocycles. The van der Waals surface area contributed by atoms with Crippen LogP contribution in [0.3, 0.4) is 0 Å². The minimum absolute atomic E-state index is 0.472. The molecule has 0 N–H and O–H groups in total. The Morgan fingerprint density at radius 1 is 1.71 bits per heavy atom. The topological polar surface area (TPSA) is 52.8 Å². The highest BCUT2D eigenvalue weighted by atomic mass is 15.5. The monoisotopic (exact) mass is 95.0 g/mol. The summed E-state index contributed by atoms with van der Waals surface area (Å²) in [5, 5.41) is 13.3. The largest absolute Gasteiger partial charge is 0.331 e. The molecule has 0 fully saturated rings. The first-order chi connectivity index (χ1) is 3.43. The number of aromatic nitrogens is 4. The maximum absolute atomic E-state index is 3.44. The van der Waals surface area contributed by atoms with Crippen molar-refractivity contribution in [3.63, 3.8) is 0 Å². The molecule has 0 saturated carbocycles. The number of nitrogens with zero attached hydrogens (tertiary/aromatic N) is 4. The Labute approximate surface area is 40.2 Å². The summed E-state index contributed by atoms with van der Waals surface area (Å²) in [5.41, 5.74) is 0. The first-order valence-electron chi connectivity index (χ1n) is 1.74. The van der Waals surface area contributed by atoms with Gasteiger partial charge in [0.15, 0.2) is 0 Å². The average Bonchev–Trinajstić information content (AvgIpc) is 2.14. The zero-order valence-electron chi connectivity index (χ0n) is 3.57. The van der Waals surface area contributed by atoms with Crippen LogP contribution < -0.4 is 5.10 Å². The van der Waals surface area contributed by atoms with Gasteiger partial charge in [-0.25, -0.2) is 0 Å². The van der Waals surface area contributed by atoms with E-state index in [4.69, 9.17) is 0 Å². The van der Waals surface area contributed by atoms with E-state index in [2.05, 4.69) is 27.2 Å². The van der Waals surface area contributed by atoms with E-state index in [1.807, 2.05) is 0 Å². The molecule has 0 saturated heterocycles. The van der Waals surface area contributed by atoms with E-state index >= 15 is 0 Å². The summed E-state index contributed by atoms with van der Waals surface area (Å²) >= 11 is 0. The third-order valence-electron chi connectivity index (χ3n) is 0.517. The summed E-state index contributed by atoms with van der Waals surface area (Å²) in [6, 6.07) is 0. The van der Waals surface area contributed by atoms with Crippen molar-refractivity contribution in [2.45, 2.75) is 0 Å². The first-order valence-corrected chi connectivity index (χ1v) is 1.74. The van der Waals surface area contributed by atoms with Gasteiger partial charge in [0.05, 0.1) is 0 Å². The number of rotatable bonds is 1. The van der Waals surface area contributed by atoms with Crippen molar-refractivity contribution in [2.24, 2.45) is 0 Å². The maximum atomic E-state index is 3.44. The van der Waals surface area contributed by atoms with Crippen molar-refractivity contribution in [2.75, 3.05) is 0 Å². The van der Waals surface area contributed by atoms with Crippen molar-refractivity contribution >= 4 is 6.08 Å². The summed E-state index contributed by atoms with van der Waals surface area (Å²) in [5.74, 6) is 0.472. The molecule has 0 unspecified atom stereocenters. The van der Waals surface area contributed by atoms with Gasteiger partial charge < -0.3 is 5.10 Å². The molecule has 0 aliphatic rings. The zero-order chi connectivity index (χ0) is 5.11. The molecule has 0 bridgehead atoms. The average molecular weight is 95.1 g/mol. The molecule has 0 radical (unpaired) electrons. The Kier molecular flexibility index (Phi) is 0.856. The van der Waals surface area contributed by atoms with Crippen LogP contribution in [0, 0.1) is 0 Å². The number of tetrazole rings is 1. The number of hydrogen-bond donors (Lipinski definition) is 0. The van der Waals surface area contributed by atoms with Crippen LogP contribution in [0.2, 0.25) is 0 Å². The van der Waals surface area contributed by atoms with Gasteiger partial charge in [-0.3, -0.25) is 10.3 Å². The fourth-order valence-electron chi connectivity index (χ4n) is 0.233. The highest BCUT2D eigenvalue weighted by Gasteiger charge is 1.69. The van der Waals surface area contributed by atoms with E-state index in [0.717, 1.165) is 0 Å². The Morgan fingerprint density at radius 3 is 2.86 bits per heavy atom. The summed E-state index contributed by atoms with van der Waals surface area (Å²) in [6.07, 6.45) is 1.49. The van der Waals surface area contributed by atoms with Crippen LogP contribution in [-0.2, 0) is 0 Å². The molecule has 0 atom stereocenters. The van der Waals surface area contributed by atoms with Gasteiger partial charge in [0, 0.05) is 5.82 Å². The fraction of sp³-hybridized carbons (Fsp3) is 0. The van der Waals surface area contributed by atoms with Crippen LogP contribution >= 0.6 is 0 Å². The van der Waals surface area contributed by atoms with Crippen LogP contribution in [0.5, 0.6) is 0 Å². The molecular weight excluding hydrogens is 92.1 g/mol. The van der Waals surface area contributed by atoms with Crippen molar-refractivity contribution in [3.8, 4) is 0 Å². The highest BCUT2D eigenvalue weighted by Crippen LogP contribution is 1.78. The van der Waals surface area contributed by atoms with Gasteiger partial charge in [-0.2, -0.15) is 5.21 Å². The molecule has 0 spiro atoms. The van der Waals surface area contributed by atoms with Crippen LogP contribution in [-0.4, -0.2) is 15.5 Å². The molecule has 0 aliphatic carbocycles. The third kappa shape index (κ3) is 0.623. The molecule has 36 valence electrons. The zero-order valence-corrected chi connectivity index (χ0v) is 3.57. The molecule has 1 aromatic heterocycles. The van der Waals surface area contributed by atoms with E-state index in [9.17, 15) is 0 Å². The Morgan fingerprint density at radius 2 is 2.57 bits per heavy atom. The molecule has 0 amide bonds. The second-order valence-electron chi connectivity index (χ2n) is 0.941. The quantitative estimate of drug-likeness (QED) is 0.470. The Hall–Kier alpha value is -1.19. The smallest absolute Gasteiger partial charge is 0.0318 e. The van der Waals surface area contributed by atoms with Crippen LogP contribution in [0.25, 0.3) is 6.08 Å². The lowest BCUT2D eigenvalue weighted by Gasteiger charge is -1.78. The maximum Gasteiger partial charge on any atom is 0.0318 e. The second kappa shape index (κ2) is 1.51. The van der Waals surface area contributed by atoms with Gasteiger partial charge >= 0.3 is 0 Å². The molecule has 4 nitrogen and oxygen atoms in total. The predicted octanol–water partition coefficient (Wildman–Crippen LogP) is -0.528. The first kappa shape index (κ1) is 3.98. The van der Waals surface area contributed by atoms with Crippen LogP contribution in [0.15, 0.2) is 6.58 Å². The van der Waals surface area contributed by atoms with Crippen molar-refractivity contribution in [1.29, 1.82) is 0 Å². The lowest BCUT2D eigenvalue weighted by atomic mass is 10.6. The molecule has 0 aliphatic heterocycles. The molecule has 1 aromatic rings. The SMILES string of the molecule is C=Cc1nnn[n-]1. The Bertz CT molecular complexity index is 142. The van der Waals surface area contributed by atoms with Gasteiger partial charge in [-0.05, 0) is 0 Å². The van der Waals surface area contributed by atoms with Crippen LogP contribution in [0.4, 0.5) is 0 Å². The summed E-state index contributed by atoms with van der Waals surface area (Å²) in [4.78, 5) is 0. The standard InChI is InChI=1S/C3H3N4/c1-2-3-4-6-7-5-3/h2H,1H2/q-1. The minimum Gasteiger partial charge on any atom is -0.331 e. The summed E-state index contributed by atoms with van der Waals surface area (Å²) < 4.78 is 0. The van der Waals surface area contributed by atoms with E-state index in [1.54, 1.807) is 0 Å². The third-order valence-corrected chi connectivity index (χ3v) is 0.517. The van der Waals surface area contributed by atoms with Gasteiger partial charge in [-0.15, -0.1) is 0 Å². The lowest BCUT2D eigenvalue weighted by molar-refractivity contribution is 0.871. The summed E-state index contributed by atoms with van der Waals surface area (Å²) in [6.45, 7) is 3.40. The van der Waals surface area contributed by atoms with E-state index < -0.39 is 0 Å². The number of hydrogen-bond acceptors (Lipinski definition) is 3. The van der Waals surface area contributed by atoms with E-state index in [0.29, 0.717) is 5.82 Å². The molecule has 1 heterocycles. The highest BCUT2D eigenvalue weighted by molar-refractivity contribution is 5.32. The summed E-state index contributed by atoms with van der Waals surface area (Å²) in [7, 11) is 0. The fourth-order valence-corrected chi connectivity index (χ4v) is 0.233. The Balaban J connectivity index is 2.96. The molecular formula is C3H3N4-. The predicted molar refractivity (Wildman–Crippen MR) is 23.2 cm³/mol. The van der Waals surface area contributed by atoms with Crippen molar-refractivity contribution < 1.29 is 0 Å². The minimum atomic E-state index is 0.472. The van der Waals surface area contributed by atoms with Gasteiger partial charge in [0.1, 0.15) is 0 Å². The second-order valence-corrected chi connectivity index (χ2v) is 0.941. The van der Waals surface area contributed by atoms with Crippen molar-refractivity contribution in [3.05, 3.63) is 12.4 Å². The van der Waals surface area contributed by atoms with Crippen LogP contribution in [0.1, 0.15) is 5.82 Å². The van der Waals surface area contributed by atoms with Gasteiger partial charge in [0.2, 0.25) is 0 Å². The normalized spacial score (nSPS) is 8.57. The van der Waals surface area contributed by atoms with Crippen molar-refractivity contribution in [1.82, 2.24) is 20.6 Å². The molecule has 7 heavy (non-hydrogen) atoms. The van der Waals surface area contributed by atoms with E-state index in [-0.39, 0.29) is 0 Å². The molecule has 4 heteroatoms. The lowest BCUT2D eigenvalue weighted by Crippen LogP contribution is -1.74. The van der Waals surface area contributed by atoms with Gasteiger partial charge in [0.25, 0.3) is 0 Å².